The summed E-state index contributed by atoms with van der Waals surface area (Å²) in [5, 5.41) is 0. The molecule has 1 aliphatic rings. The molecule has 0 aromatic rings. The van der Waals surface area contributed by atoms with Crippen molar-refractivity contribution in [3.05, 3.63) is 0 Å². The molecule has 0 spiro atoms. The summed E-state index contributed by atoms with van der Waals surface area (Å²) in [7, 11) is 0. The van der Waals surface area contributed by atoms with E-state index in [4.69, 9.17) is 15.2 Å². The van der Waals surface area contributed by atoms with E-state index in [-0.39, 0.29) is 18.7 Å². The number of carbonyl (C=O) groups is 1. The zero-order valence-electron chi connectivity index (χ0n) is 11.0. The third kappa shape index (κ3) is 5.50. The van der Waals surface area contributed by atoms with Gasteiger partial charge in [-0.3, -0.25) is 0 Å². The maximum absolute atomic E-state index is 11.3. The average molecular weight is 243 g/mol. The summed E-state index contributed by atoms with van der Waals surface area (Å²) in [5.41, 5.74) is 5.74. The predicted molar refractivity (Wildman–Crippen MR) is 66.5 cm³/mol. The lowest BCUT2D eigenvalue weighted by Gasteiger charge is -2.30. The first-order valence-corrected chi connectivity index (χ1v) is 6.60. The molecule has 0 aromatic carbocycles. The van der Waals surface area contributed by atoms with Gasteiger partial charge >= 0.3 is 5.97 Å². The molecule has 17 heavy (non-hydrogen) atoms. The molecule has 0 aromatic heterocycles. The molecule has 0 aliphatic heterocycles. The van der Waals surface area contributed by atoms with Crippen LogP contribution < -0.4 is 5.73 Å². The summed E-state index contributed by atoms with van der Waals surface area (Å²) in [5.74, 6) is 0.797. The van der Waals surface area contributed by atoms with Gasteiger partial charge in [0.05, 0.1) is 12.7 Å². The van der Waals surface area contributed by atoms with Crippen molar-refractivity contribution in [2.24, 2.45) is 17.6 Å². The second kappa shape index (κ2) is 7.67. The van der Waals surface area contributed by atoms with Gasteiger partial charge in [-0.1, -0.05) is 12.8 Å². The molecule has 0 radical (unpaired) electrons. The summed E-state index contributed by atoms with van der Waals surface area (Å²) in [6.07, 6.45) is 4.81. The van der Waals surface area contributed by atoms with E-state index in [0.717, 1.165) is 6.54 Å². The van der Waals surface area contributed by atoms with Crippen LogP contribution >= 0.6 is 0 Å². The van der Waals surface area contributed by atoms with Crippen molar-refractivity contribution in [2.75, 3.05) is 19.8 Å². The minimum atomic E-state index is -0.278. The van der Waals surface area contributed by atoms with Gasteiger partial charge in [-0.15, -0.1) is 0 Å². The zero-order valence-corrected chi connectivity index (χ0v) is 11.0. The van der Waals surface area contributed by atoms with Crippen LogP contribution in [0.15, 0.2) is 0 Å². The van der Waals surface area contributed by atoms with Crippen LogP contribution in [0, 0.1) is 11.8 Å². The molecule has 4 heteroatoms. The summed E-state index contributed by atoms with van der Waals surface area (Å²) >= 11 is 0. The van der Waals surface area contributed by atoms with Crippen molar-refractivity contribution in [3.8, 4) is 0 Å². The Morgan fingerprint density at radius 3 is 2.53 bits per heavy atom. The van der Waals surface area contributed by atoms with Gasteiger partial charge in [0.1, 0.15) is 6.61 Å². The third-order valence-corrected chi connectivity index (χ3v) is 3.29. The van der Waals surface area contributed by atoms with E-state index in [1.807, 2.05) is 13.8 Å². The topological polar surface area (TPSA) is 61.5 Å². The number of nitrogens with two attached hydrogens (primary N) is 1. The quantitative estimate of drug-likeness (QED) is 0.722. The largest absolute Gasteiger partial charge is 0.461 e. The molecule has 4 nitrogen and oxygen atoms in total. The monoisotopic (exact) mass is 243 g/mol. The Morgan fingerprint density at radius 1 is 1.29 bits per heavy atom. The van der Waals surface area contributed by atoms with Crippen molar-refractivity contribution >= 4 is 5.97 Å². The summed E-state index contributed by atoms with van der Waals surface area (Å²) in [4.78, 5) is 11.3. The Kier molecular flexibility index (Phi) is 6.52. The van der Waals surface area contributed by atoms with Gasteiger partial charge in [0.25, 0.3) is 0 Å². The first-order valence-electron chi connectivity index (χ1n) is 6.60. The van der Waals surface area contributed by atoms with Crippen molar-refractivity contribution < 1.29 is 14.3 Å². The van der Waals surface area contributed by atoms with E-state index in [9.17, 15) is 4.79 Å². The molecule has 2 unspecified atom stereocenters. The van der Waals surface area contributed by atoms with Gasteiger partial charge in [0.15, 0.2) is 0 Å². The van der Waals surface area contributed by atoms with E-state index in [1.165, 1.54) is 25.7 Å². The van der Waals surface area contributed by atoms with Crippen LogP contribution in [-0.2, 0) is 14.3 Å². The highest BCUT2D eigenvalue weighted by atomic mass is 16.6. The van der Waals surface area contributed by atoms with Crippen molar-refractivity contribution in [1.29, 1.82) is 0 Å². The van der Waals surface area contributed by atoms with E-state index in [2.05, 4.69) is 0 Å². The lowest BCUT2D eigenvalue weighted by atomic mass is 9.80. The van der Waals surface area contributed by atoms with Gasteiger partial charge in [-0.05, 0) is 45.1 Å². The summed E-state index contributed by atoms with van der Waals surface area (Å²) in [6.45, 7) is 5.10. The van der Waals surface area contributed by atoms with E-state index in [1.54, 1.807) is 0 Å². The molecule has 1 fully saturated rings. The SMILES string of the molecule is CC(C)OC(=O)COCC1CCCCC1CN. The number of rotatable bonds is 6. The molecule has 1 saturated carbocycles. The fourth-order valence-corrected chi connectivity index (χ4v) is 2.40. The molecule has 2 N–H and O–H groups in total. The molecule has 0 heterocycles. The van der Waals surface area contributed by atoms with Gasteiger partial charge in [-0.25, -0.2) is 4.79 Å². The molecular weight excluding hydrogens is 218 g/mol. The Hall–Kier alpha value is -0.610. The minimum absolute atomic E-state index is 0.0615. The first-order chi connectivity index (χ1) is 8.13. The van der Waals surface area contributed by atoms with Crippen LogP contribution in [0.5, 0.6) is 0 Å². The molecular formula is C13H25NO3. The lowest BCUT2D eigenvalue weighted by Crippen LogP contribution is -2.30. The first kappa shape index (κ1) is 14.5. The van der Waals surface area contributed by atoms with E-state index in [0.29, 0.717) is 18.4 Å². The second-order valence-electron chi connectivity index (χ2n) is 5.09. The standard InChI is InChI=1S/C13H25NO3/c1-10(2)17-13(15)9-16-8-12-6-4-3-5-11(12)7-14/h10-12H,3-9,14H2,1-2H3. The normalized spacial score (nSPS) is 24.9. The fraction of sp³-hybridized carbons (Fsp3) is 0.923. The number of ether oxygens (including phenoxy) is 2. The van der Waals surface area contributed by atoms with Gasteiger partial charge in [0, 0.05) is 0 Å². The van der Waals surface area contributed by atoms with Crippen LogP contribution in [0.4, 0.5) is 0 Å². The van der Waals surface area contributed by atoms with Crippen molar-refractivity contribution in [1.82, 2.24) is 0 Å². The Morgan fingerprint density at radius 2 is 1.94 bits per heavy atom. The number of hydrogen-bond donors (Lipinski definition) is 1. The van der Waals surface area contributed by atoms with Crippen LogP contribution in [0.3, 0.4) is 0 Å². The third-order valence-electron chi connectivity index (χ3n) is 3.29. The molecule has 0 bridgehead atoms. The van der Waals surface area contributed by atoms with Crippen molar-refractivity contribution in [3.63, 3.8) is 0 Å². The Balaban J connectivity index is 2.18. The second-order valence-corrected chi connectivity index (χ2v) is 5.09. The number of hydrogen-bond acceptors (Lipinski definition) is 4. The lowest BCUT2D eigenvalue weighted by molar-refractivity contribution is -0.153. The summed E-state index contributed by atoms with van der Waals surface area (Å²) in [6, 6.07) is 0. The number of esters is 1. The van der Waals surface area contributed by atoms with Crippen molar-refractivity contribution in [2.45, 2.75) is 45.6 Å². The fourth-order valence-electron chi connectivity index (χ4n) is 2.40. The van der Waals surface area contributed by atoms with E-state index >= 15 is 0 Å². The molecule has 1 rings (SSSR count). The predicted octanol–water partition coefficient (Wildman–Crippen LogP) is 1.72. The minimum Gasteiger partial charge on any atom is -0.461 e. The molecule has 0 amide bonds. The smallest absolute Gasteiger partial charge is 0.332 e. The molecule has 1 aliphatic carbocycles. The molecule has 0 saturated heterocycles. The Labute approximate surface area is 104 Å². The molecule has 2 atom stereocenters. The van der Waals surface area contributed by atoms with Crippen LogP contribution in [0.2, 0.25) is 0 Å². The molecule has 100 valence electrons. The number of carbonyl (C=O) groups excluding carboxylic acids is 1. The van der Waals surface area contributed by atoms with E-state index < -0.39 is 0 Å². The average Bonchev–Trinajstić information content (AvgIpc) is 2.28. The maximum atomic E-state index is 11.3. The highest BCUT2D eigenvalue weighted by molar-refractivity contribution is 5.70. The zero-order chi connectivity index (χ0) is 12.7. The summed E-state index contributed by atoms with van der Waals surface area (Å²) < 4.78 is 10.4. The van der Waals surface area contributed by atoms with Crippen LogP contribution in [0.25, 0.3) is 0 Å². The van der Waals surface area contributed by atoms with Gasteiger partial charge < -0.3 is 15.2 Å². The van der Waals surface area contributed by atoms with Gasteiger partial charge in [0.2, 0.25) is 0 Å². The van der Waals surface area contributed by atoms with Crippen LogP contribution in [-0.4, -0.2) is 31.8 Å². The highest BCUT2D eigenvalue weighted by Gasteiger charge is 2.24. The maximum Gasteiger partial charge on any atom is 0.332 e. The van der Waals surface area contributed by atoms with Crippen LogP contribution in [0.1, 0.15) is 39.5 Å². The van der Waals surface area contributed by atoms with Gasteiger partial charge in [-0.2, -0.15) is 0 Å². The highest BCUT2D eigenvalue weighted by Crippen LogP contribution is 2.29. The Bertz CT molecular complexity index is 231.